The molecular formula is C24H16Cl5FN2O2. The monoisotopic (exact) mass is 558 g/mol. The number of halogens is 6. The highest BCUT2D eigenvalue weighted by atomic mass is 35.5. The average Bonchev–Trinajstić information content (AvgIpc) is 3.35. The average molecular weight is 561 g/mol. The molecule has 0 spiro atoms. The molecule has 10 heteroatoms. The molecule has 0 aromatic heterocycles. The lowest BCUT2D eigenvalue weighted by Gasteiger charge is -2.10. The molecule has 3 aromatic carbocycles. The molecule has 0 saturated heterocycles. The molecule has 3 aromatic rings. The van der Waals surface area contributed by atoms with Crippen LogP contribution in [0.2, 0.25) is 15.1 Å². The van der Waals surface area contributed by atoms with E-state index in [0.29, 0.717) is 26.9 Å². The van der Waals surface area contributed by atoms with Gasteiger partial charge in [-0.15, -0.1) is 23.2 Å². The zero-order valence-corrected chi connectivity index (χ0v) is 21.0. The summed E-state index contributed by atoms with van der Waals surface area (Å²) in [5.74, 6) is -2.50. The first kappa shape index (κ1) is 25.1. The molecule has 0 bridgehead atoms. The fourth-order valence-electron chi connectivity index (χ4n) is 3.81. The maximum atomic E-state index is 13.3. The van der Waals surface area contributed by atoms with E-state index in [-0.39, 0.29) is 28.5 Å². The number of rotatable bonds is 6. The van der Waals surface area contributed by atoms with E-state index >= 15 is 0 Å². The number of amides is 1. The molecule has 2 unspecified atom stereocenters. The molecule has 1 aliphatic carbocycles. The summed E-state index contributed by atoms with van der Waals surface area (Å²) < 4.78 is 12.0. The summed E-state index contributed by atoms with van der Waals surface area (Å²) in [6.07, 6.45) is -0.0856. The van der Waals surface area contributed by atoms with Crippen LogP contribution in [0.25, 0.3) is 0 Å². The largest absolute Gasteiger partial charge is 0.398 e. The van der Waals surface area contributed by atoms with Crippen molar-refractivity contribution in [3.05, 3.63) is 92.2 Å². The van der Waals surface area contributed by atoms with Crippen LogP contribution in [0.5, 0.6) is 0 Å². The Hall–Kier alpha value is -2.02. The topological polar surface area (TPSA) is 72.2 Å². The SMILES string of the molecule is Nc1cc(F)ccc1CC(=O)c1cc(NC(=O)C2C(c3ccc(Cl)c(Cl)c3)C2(Cl)Cl)ccc1Cl. The standard InChI is InChI=1S/C24H16Cl5FN2O2/c25-16-6-4-14(10-15(16)20(33)8-11-1-3-13(30)9-19(11)31)32-23(34)22-21(24(22,28)29)12-2-5-17(26)18(27)7-12/h1-7,9-10,21-22H,8,31H2,(H,32,34). The Morgan fingerprint density at radius 3 is 2.32 bits per heavy atom. The Labute approximate surface area is 220 Å². The maximum Gasteiger partial charge on any atom is 0.231 e. The quantitative estimate of drug-likeness (QED) is 0.189. The van der Waals surface area contributed by atoms with Crippen molar-refractivity contribution in [2.24, 2.45) is 5.92 Å². The van der Waals surface area contributed by atoms with E-state index in [4.69, 9.17) is 63.7 Å². The first-order valence-corrected chi connectivity index (χ1v) is 11.9. The van der Waals surface area contributed by atoms with Crippen molar-refractivity contribution < 1.29 is 14.0 Å². The normalized spacial score (nSPS) is 18.4. The number of nitrogen functional groups attached to an aromatic ring is 1. The number of benzene rings is 3. The van der Waals surface area contributed by atoms with Crippen LogP contribution >= 0.6 is 58.0 Å². The Balaban J connectivity index is 1.51. The summed E-state index contributed by atoms with van der Waals surface area (Å²) in [5, 5.41) is 3.65. The van der Waals surface area contributed by atoms with Gasteiger partial charge < -0.3 is 11.1 Å². The first-order chi connectivity index (χ1) is 16.0. The van der Waals surface area contributed by atoms with Crippen LogP contribution in [0, 0.1) is 11.7 Å². The number of Topliss-reactive ketones (excluding diaryl/α,β-unsaturated/α-hetero) is 1. The van der Waals surface area contributed by atoms with Crippen molar-refractivity contribution in [3.63, 3.8) is 0 Å². The van der Waals surface area contributed by atoms with Gasteiger partial charge in [0.15, 0.2) is 5.78 Å². The molecule has 4 nitrogen and oxygen atoms in total. The molecular weight excluding hydrogens is 545 g/mol. The maximum absolute atomic E-state index is 13.3. The smallest absolute Gasteiger partial charge is 0.231 e. The van der Waals surface area contributed by atoms with Gasteiger partial charge in [0.1, 0.15) is 10.2 Å². The Bertz CT molecular complexity index is 1310. The van der Waals surface area contributed by atoms with Crippen LogP contribution < -0.4 is 11.1 Å². The summed E-state index contributed by atoms with van der Waals surface area (Å²) in [6, 6.07) is 13.3. The third-order valence-corrected chi connectivity index (χ3v) is 7.64. The number of hydrogen-bond acceptors (Lipinski definition) is 3. The zero-order chi connectivity index (χ0) is 24.8. The Kier molecular flexibility index (Phi) is 7.05. The zero-order valence-electron chi connectivity index (χ0n) is 17.2. The Morgan fingerprint density at radius 1 is 0.941 bits per heavy atom. The van der Waals surface area contributed by atoms with Crippen molar-refractivity contribution in [1.82, 2.24) is 0 Å². The second kappa shape index (κ2) is 9.56. The highest BCUT2D eigenvalue weighted by molar-refractivity contribution is 6.53. The molecule has 0 radical (unpaired) electrons. The third kappa shape index (κ3) is 5.00. The van der Waals surface area contributed by atoms with Crippen molar-refractivity contribution in [1.29, 1.82) is 0 Å². The van der Waals surface area contributed by atoms with Crippen LogP contribution in [0.3, 0.4) is 0 Å². The lowest BCUT2D eigenvalue weighted by atomic mass is 10.0. The van der Waals surface area contributed by atoms with Gasteiger partial charge in [0.25, 0.3) is 0 Å². The summed E-state index contributed by atoms with van der Waals surface area (Å²) in [7, 11) is 0. The van der Waals surface area contributed by atoms with Crippen LogP contribution in [-0.2, 0) is 11.2 Å². The van der Waals surface area contributed by atoms with Crippen molar-refractivity contribution in [2.45, 2.75) is 16.7 Å². The van der Waals surface area contributed by atoms with Crippen molar-refractivity contribution in [3.8, 4) is 0 Å². The minimum atomic E-state index is -1.33. The van der Waals surface area contributed by atoms with E-state index in [1.165, 1.54) is 24.3 Å². The van der Waals surface area contributed by atoms with Crippen molar-refractivity contribution >= 4 is 81.1 Å². The summed E-state index contributed by atoms with van der Waals surface area (Å²) in [4.78, 5) is 25.8. The van der Waals surface area contributed by atoms with Crippen LogP contribution in [0.1, 0.15) is 27.4 Å². The lowest BCUT2D eigenvalue weighted by molar-refractivity contribution is -0.117. The second-order valence-electron chi connectivity index (χ2n) is 7.93. The summed E-state index contributed by atoms with van der Waals surface area (Å²) >= 11 is 31.1. The molecule has 0 aliphatic heterocycles. The predicted molar refractivity (Wildman–Crippen MR) is 136 cm³/mol. The number of nitrogens with two attached hydrogens (primary N) is 1. The van der Waals surface area contributed by atoms with E-state index in [1.807, 2.05) is 0 Å². The van der Waals surface area contributed by atoms with Gasteiger partial charge in [0.05, 0.1) is 21.0 Å². The van der Waals surface area contributed by atoms with E-state index in [2.05, 4.69) is 5.32 Å². The third-order valence-electron chi connectivity index (χ3n) is 5.63. The number of anilines is 2. The van der Waals surface area contributed by atoms with E-state index in [0.717, 1.165) is 6.07 Å². The van der Waals surface area contributed by atoms with Crippen LogP contribution in [0.4, 0.5) is 15.8 Å². The van der Waals surface area contributed by atoms with Gasteiger partial charge in [-0.25, -0.2) is 4.39 Å². The van der Waals surface area contributed by atoms with Crippen LogP contribution in [-0.4, -0.2) is 16.0 Å². The Morgan fingerprint density at radius 2 is 1.65 bits per heavy atom. The highest BCUT2D eigenvalue weighted by Gasteiger charge is 2.67. The van der Waals surface area contributed by atoms with Crippen LogP contribution in [0.15, 0.2) is 54.6 Å². The number of alkyl halides is 2. The van der Waals surface area contributed by atoms with Crippen molar-refractivity contribution in [2.75, 3.05) is 11.1 Å². The second-order valence-corrected chi connectivity index (χ2v) is 10.6. The molecule has 1 fully saturated rings. The first-order valence-electron chi connectivity index (χ1n) is 9.99. The van der Waals surface area contributed by atoms with Gasteiger partial charge in [-0.2, -0.15) is 0 Å². The van der Waals surface area contributed by atoms with E-state index in [9.17, 15) is 14.0 Å². The minimum absolute atomic E-state index is 0.0856. The number of ketones is 1. The van der Waals surface area contributed by atoms with Gasteiger partial charge in [-0.05, 0) is 53.6 Å². The number of carbonyl (C=O) groups is 2. The highest BCUT2D eigenvalue weighted by Crippen LogP contribution is 2.65. The molecule has 176 valence electrons. The molecule has 34 heavy (non-hydrogen) atoms. The molecule has 1 saturated carbocycles. The molecule has 1 amide bonds. The van der Waals surface area contributed by atoms with Gasteiger partial charge in [-0.1, -0.05) is 46.9 Å². The fraction of sp³-hybridized carbons (Fsp3) is 0.167. The molecule has 1 aliphatic rings. The van der Waals surface area contributed by atoms with Gasteiger partial charge >= 0.3 is 0 Å². The van der Waals surface area contributed by atoms with E-state index < -0.39 is 27.9 Å². The fourth-order valence-corrected chi connectivity index (χ4v) is 5.16. The van der Waals surface area contributed by atoms with Gasteiger partial charge in [-0.3, -0.25) is 9.59 Å². The number of nitrogens with one attached hydrogen (secondary N) is 1. The summed E-state index contributed by atoms with van der Waals surface area (Å²) in [6.45, 7) is 0. The van der Waals surface area contributed by atoms with E-state index in [1.54, 1.807) is 24.3 Å². The molecule has 4 rings (SSSR count). The molecule has 2 atom stereocenters. The molecule has 3 N–H and O–H groups in total. The predicted octanol–water partition coefficient (Wildman–Crippen LogP) is 7.32. The van der Waals surface area contributed by atoms with Gasteiger partial charge in [0.2, 0.25) is 5.91 Å². The minimum Gasteiger partial charge on any atom is -0.398 e. The number of hydrogen-bond donors (Lipinski definition) is 2. The lowest BCUT2D eigenvalue weighted by Crippen LogP contribution is -2.17. The molecule has 0 heterocycles. The summed E-state index contributed by atoms with van der Waals surface area (Å²) in [5.41, 5.74) is 7.64. The van der Waals surface area contributed by atoms with Gasteiger partial charge in [0, 0.05) is 29.3 Å². The number of carbonyl (C=O) groups excluding carboxylic acids is 2.